The Morgan fingerprint density at radius 1 is 1.45 bits per heavy atom. The van der Waals surface area contributed by atoms with Gasteiger partial charge < -0.3 is 11.1 Å². The molecule has 2 aliphatic rings. The van der Waals surface area contributed by atoms with Gasteiger partial charge in [-0.25, -0.2) is 0 Å². The second kappa shape index (κ2) is 6.79. The van der Waals surface area contributed by atoms with E-state index in [-0.39, 0.29) is 0 Å². The maximum Gasteiger partial charge on any atom is 0.188 e. The van der Waals surface area contributed by atoms with E-state index in [0.717, 1.165) is 25.6 Å². The lowest BCUT2D eigenvalue weighted by molar-refractivity contribution is 0.267. The lowest BCUT2D eigenvalue weighted by Gasteiger charge is -2.23. The van der Waals surface area contributed by atoms with Gasteiger partial charge in [0.05, 0.1) is 0 Å². The normalized spacial score (nSPS) is 26.2. The largest absolute Gasteiger partial charge is 0.370 e. The van der Waals surface area contributed by atoms with Crippen molar-refractivity contribution in [3.05, 3.63) is 0 Å². The van der Waals surface area contributed by atoms with E-state index in [1.54, 1.807) is 0 Å². The topological polar surface area (TPSA) is 53.6 Å². The van der Waals surface area contributed by atoms with E-state index in [1.165, 1.54) is 38.6 Å². The third-order valence-corrected chi connectivity index (χ3v) is 4.81. The summed E-state index contributed by atoms with van der Waals surface area (Å²) in [7, 11) is 0. The van der Waals surface area contributed by atoms with Crippen molar-refractivity contribution >= 4 is 5.96 Å². The molecule has 0 amide bonds. The molecule has 0 radical (unpaired) electrons. The zero-order valence-electron chi connectivity index (χ0n) is 13.5. The van der Waals surface area contributed by atoms with E-state index in [1.807, 2.05) is 0 Å². The minimum Gasteiger partial charge on any atom is -0.370 e. The summed E-state index contributed by atoms with van der Waals surface area (Å²) < 4.78 is 0. The van der Waals surface area contributed by atoms with Gasteiger partial charge in [0.15, 0.2) is 5.96 Å². The fraction of sp³-hybridized carbons (Fsp3) is 0.938. The van der Waals surface area contributed by atoms with E-state index >= 15 is 0 Å². The smallest absolute Gasteiger partial charge is 0.188 e. The summed E-state index contributed by atoms with van der Waals surface area (Å²) >= 11 is 0. The van der Waals surface area contributed by atoms with Crippen LogP contribution in [0.5, 0.6) is 0 Å². The molecule has 1 saturated carbocycles. The third kappa shape index (κ3) is 4.37. The van der Waals surface area contributed by atoms with Crippen molar-refractivity contribution in [3.63, 3.8) is 0 Å². The summed E-state index contributed by atoms with van der Waals surface area (Å²) in [5.74, 6) is 1.40. The number of likely N-dealkylation sites (tertiary alicyclic amines) is 1. The highest BCUT2D eigenvalue weighted by molar-refractivity contribution is 5.77. The number of nitrogens with zero attached hydrogens (tertiary/aromatic N) is 2. The van der Waals surface area contributed by atoms with Crippen LogP contribution < -0.4 is 11.1 Å². The fourth-order valence-electron chi connectivity index (χ4n) is 3.54. The van der Waals surface area contributed by atoms with Gasteiger partial charge in [-0.3, -0.25) is 9.89 Å². The Balaban J connectivity index is 1.72. The summed E-state index contributed by atoms with van der Waals surface area (Å²) in [4.78, 5) is 7.12. The molecule has 1 saturated heterocycles. The van der Waals surface area contributed by atoms with E-state index < -0.39 is 0 Å². The zero-order valence-corrected chi connectivity index (χ0v) is 13.5. The molecule has 4 heteroatoms. The van der Waals surface area contributed by atoms with E-state index in [4.69, 9.17) is 5.73 Å². The average molecular weight is 280 g/mol. The Hall–Kier alpha value is -0.770. The Kier molecular flexibility index (Phi) is 5.30. The van der Waals surface area contributed by atoms with Crippen LogP contribution in [0.4, 0.5) is 0 Å². The first-order chi connectivity index (χ1) is 9.54. The maximum atomic E-state index is 6.02. The Morgan fingerprint density at radius 3 is 2.80 bits per heavy atom. The molecule has 116 valence electrons. The van der Waals surface area contributed by atoms with Crippen molar-refractivity contribution in [2.45, 2.75) is 58.9 Å². The van der Waals surface area contributed by atoms with Gasteiger partial charge in [0, 0.05) is 19.1 Å². The van der Waals surface area contributed by atoms with E-state index in [2.05, 4.69) is 36.0 Å². The van der Waals surface area contributed by atoms with Crippen LogP contribution >= 0.6 is 0 Å². The minimum absolute atomic E-state index is 0.475. The first-order valence-corrected chi connectivity index (χ1v) is 8.32. The van der Waals surface area contributed by atoms with Gasteiger partial charge in [-0.15, -0.1) is 0 Å². The van der Waals surface area contributed by atoms with Gasteiger partial charge in [-0.05, 0) is 56.5 Å². The number of aliphatic imine (C=N–C) groups is 1. The molecule has 1 heterocycles. The molecule has 0 aromatic carbocycles. The van der Waals surface area contributed by atoms with Crippen molar-refractivity contribution in [3.8, 4) is 0 Å². The van der Waals surface area contributed by atoms with Crippen LogP contribution in [0.2, 0.25) is 0 Å². The summed E-state index contributed by atoms with van der Waals surface area (Å²) in [6.45, 7) is 11.1. The van der Waals surface area contributed by atoms with Gasteiger partial charge in [-0.2, -0.15) is 0 Å². The molecule has 1 unspecified atom stereocenters. The van der Waals surface area contributed by atoms with Crippen molar-refractivity contribution in [1.29, 1.82) is 0 Å². The van der Waals surface area contributed by atoms with Crippen LogP contribution in [0.15, 0.2) is 4.99 Å². The molecule has 3 N–H and O–H groups in total. The first-order valence-electron chi connectivity index (χ1n) is 8.32. The van der Waals surface area contributed by atoms with Gasteiger partial charge in [0.25, 0.3) is 0 Å². The Bertz CT molecular complexity index is 333. The van der Waals surface area contributed by atoms with E-state index in [0.29, 0.717) is 17.4 Å². The molecule has 2 rings (SSSR count). The standard InChI is InChI=1S/C16H32N4/c1-4-20-9-5-6-14(20)11-18-15(17)19-12-16(7-8-16)10-13(2)3/h13-14H,4-12H2,1-3H3,(H3,17,18,19). The van der Waals surface area contributed by atoms with E-state index in [9.17, 15) is 0 Å². The first kappa shape index (κ1) is 15.6. The molecular weight excluding hydrogens is 248 g/mol. The van der Waals surface area contributed by atoms with Gasteiger partial charge in [0.1, 0.15) is 0 Å². The Labute approximate surface area is 124 Å². The predicted molar refractivity (Wildman–Crippen MR) is 85.9 cm³/mol. The number of nitrogens with one attached hydrogen (secondary N) is 1. The highest BCUT2D eigenvalue weighted by Crippen LogP contribution is 2.50. The maximum absolute atomic E-state index is 6.02. The minimum atomic E-state index is 0.475. The number of likely N-dealkylation sites (N-methyl/N-ethyl adjacent to an activating group) is 1. The molecule has 2 fully saturated rings. The molecule has 0 aromatic rings. The highest BCUT2D eigenvalue weighted by Gasteiger charge is 2.42. The monoisotopic (exact) mass is 280 g/mol. The molecule has 1 aliphatic heterocycles. The number of guanidine groups is 1. The van der Waals surface area contributed by atoms with Crippen molar-refractivity contribution < 1.29 is 0 Å². The summed E-state index contributed by atoms with van der Waals surface area (Å²) in [6.07, 6.45) is 6.54. The van der Waals surface area contributed by atoms with Crippen LogP contribution in [-0.2, 0) is 0 Å². The number of rotatable bonds is 7. The molecular formula is C16H32N4. The number of nitrogens with two attached hydrogens (primary N) is 1. The number of hydrogen-bond donors (Lipinski definition) is 2. The zero-order chi connectivity index (χ0) is 14.6. The van der Waals surface area contributed by atoms with Crippen molar-refractivity contribution in [2.24, 2.45) is 22.1 Å². The second-order valence-electron chi connectivity index (χ2n) is 7.10. The lowest BCUT2D eigenvalue weighted by atomic mass is 9.94. The van der Waals surface area contributed by atoms with Crippen LogP contribution in [0.1, 0.15) is 52.9 Å². The quantitative estimate of drug-likeness (QED) is 0.555. The van der Waals surface area contributed by atoms with Gasteiger partial charge in [0.2, 0.25) is 0 Å². The predicted octanol–water partition coefficient (Wildman–Crippen LogP) is 2.20. The number of hydrogen-bond acceptors (Lipinski definition) is 2. The SMILES string of the molecule is CCN1CCCC1CNC(N)=NCC1(CC(C)C)CC1. The summed E-state index contributed by atoms with van der Waals surface area (Å²) in [5.41, 5.74) is 6.50. The molecule has 1 aliphatic carbocycles. The second-order valence-corrected chi connectivity index (χ2v) is 7.10. The molecule has 0 aromatic heterocycles. The molecule has 0 spiro atoms. The highest BCUT2D eigenvalue weighted by atomic mass is 15.2. The molecule has 4 nitrogen and oxygen atoms in total. The summed E-state index contributed by atoms with van der Waals surface area (Å²) in [6, 6.07) is 0.638. The van der Waals surface area contributed by atoms with Crippen LogP contribution in [0.25, 0.3) is 0 Å². The van der Waals surface area contributed by atoms with Crippen LogP contribution in [0.3, 0.4) is 0 Å². The Morgan fingerprint density at radius 2 is 2.20 bits per heavy atom. The van der Waals surface area contributed by atoms with Crippen molar-refractivity contribution in [2.75, 3.05) is 26.2 Å². The average Bonchev–Trinajstić information content (AvgIpc) is 3.01. The lowest BCUT2D eigenvalue weighted by Crippen LogP contribution is -2.43. The van der Waals surface area contributed by atoms with Gasteiger partial charge in [-0.1, -0.05) is 20.8 Å². The summed E-state index contributed by atoms with van der Waals surface area (Å²) in [5, 5.41) is 3.33. The van der Waals surface area contributed by atoms with Crippen LogP contribution in [-0.4, -0.2) is 43.1 Å². The van der Waals surface area contributed by atoms with Crippen LogP contribution in [0, 0.1) is 11.3 Å². The molecule has 20 heavy (non-hydrogen) atoms. The van der Waals surface area contributed by atoms with Crippen molar-refractivity contribution in [1.82, 2.24) is 10.2 Å². The van der Waals surface area contributed by atoms with Gasteiger partial charge >= 0.3 is 0 Å². The molecule has 0 bridgehead atoms. The third-order valence-electron chi connectivity index (χ3n) is 4.81. The fourth-order valence-corrected chi connectivity index (χ4v) is 3.54. The molecule has 1 atom stereocenters.